The Morgan fingerprint density at radius 2 is 1.26 bits per heavy atom. The van der Waals surface area contributed by atoms with Crippen molar-refractivity contribution in [2.75, 3.05) is 19.6 Å². The van der Waals surface area contributed by atoms with Gasteiger partial charge in [0, 0.05) is 12.0 Å². The van der Waals surface area contributed by atoms with Crippen LogP contribution in [0.15, 0.2) is 60.7 Å². The minimum atomic E-state index is 0.481. The largest absolute Gasteiger partial charge is 0.317 e. The maximum Gasteiger partial charge on any atom is 0.0243 e. The van der Waals surface area contributed by atoms with Crippen LogP contribution in [0.3, 0.4) is 0 Å². The van der Waals surface area contributed by atoms with Gasteiger partial charge in [-0.2, -0.15) is 0 Å². The fourth-order valence-corrected chi connectivity index (χ4v) is 3.60. The minimum Gasteiger partial charge on any atom is -0.317 e. The summed E-state index contributed by atoms with van der Waals surface area (Å²) in [6.07, 6.45) is 5.34. The summed E-state index contributed by atoms with van der Waals surface area (Å²) in [5.74, 6) is 0.481. The van der Waals surface area contributed by atoms with Crippen molar-refractivity contribution in [3.8, 4) is 0 Å². The van der Waals surface area contributed by atoms with Gasteiger partial charge in [-0.15, -0.1) is 0 Å². The zero-order valence-electron chi connectivity index (χ0n) is 13.9. The molecule has 0 radical (unpaired) electrons. The Morgan fingerprint density at radius 3 is 1.65 bits per heavy atom. The van der Waals surface area contributed by atoms with Crippen molar-refractivity contribution in [1.82, 2.24) is 10.6 Å². The van der Waals surface area contributed by atoms with E-state index in [-0.39, 0.29) is 0 Å². The van der Waals surface area contributed by atoms with Crippen molar-refractivity contribution in [2.45, 2.75) is 37.6 Å². The molecule has 2 fully saturated rings. The quantitative estimate of drug-likeness (QED) is 0.897. The average Bonchev–Trinajstić information content (AvgIpc) is 3.34. The Labute approximate surface area is 140 Å². The maximum absolute atomic E-state index is 3.65. The minimum absolute atomic E-state index is 0.481. The van der Waals surface area contributed by atoms with E-state index in [4.69, 9.17) is 0 Å². The van der Waals surface area contributed by atoms with Crippen molar-refractivity contribution in [2.24, 2.45) is 0 Å². The topological polar surface area (TPSA) is 24.1 Å². The number of hydrogen-bond donors (Lipinski definition) is 2. The molecule has 2 heterocycles. The van der Waals surface area contributed by atoms with E-state index in [9.17, 15) is 0 Å². The number of hydrogen-bond acceptors (Lipinski definition) is 2. The Balaban J connectivity index is 0.000000267. The zero-order valence-corrected chi connectivity index (χ0v) is 13.9. The summed E-state index contributed by atoms with van der Waals surface area (Å²) in [6, 6.07) is 22.3. The van der Waals surface area contributed by atoms with Gasteiger partial charge in [-0.05, 0) is 56.4 Å². The lowest BCUT2D eigenvalue weighted by atomic mass is 9.84. The third-order valence-electron chi connectivity index (χ3n) is 4.78. The van der Waals surface area contributed by atoms with Crippen molar-refractivity contribution in [1.29, 1.82) is 0 Å². The van der Waals surface area contributed by atoms with Gasteiger partial charge in [0.05, 0.1) is 0 Å². The lowest BCUT2D eigenvalue weighted by molar-refractivity contribution is 0.540. The van der Waals surface area contributed by atoms with Crippen LogP contribution in [-0.4, -0.2) is 25.7 Å². The van der Waals surface area contributed by atoms with E-state index in [0.717, 1.165) is 6.54 Å². The van der Waals surface area contributed by atoms with E-state index in [1.165, 1.54) is 49.9 Å². The highest BCUT2D eigenvalue weighted by atomic mass is 14.9. The zero-order chi connectivity index (χ0) is 15.7. The molecule has 2 aliphatic heterocycles. The van der Waals surface area contributed by atoms with E-state index < -0.39 is 0 Å². The summed E-state index contributed by atoms with van der Waals surface area (Å²) < 4.78 is 0. The Bertz CT molecular complexity index is 495. The van der Waals surface area contributed by atoms with Gasteiger partial charge in [-0.1, -0.05) is 60.7 Å². The van der Waals surface area contributed by atoms with E-state index in [0.29, 0.717) is 12.0 Å². The third kappa shape index (κ3) is 4.66. The second-order valence-electron chi connectivity index (χ2n) is 6.46. The SMILES string of the molecule is C1CCNC1.c1ccc(C(c2ccccc2)[C@@H]2CCCN2)cc1. The fraction of sp³-hybridized carbons (Fsp3) is 0.429. The predicted octanol–water partition coefficient (Wildman–Crippen LogP) is 3.94. The van der Waals surface area contributed by atoms with Crippen LogP contribution < -0.4 is 10.6 Å². The van der Waals surface area contributed by atoms with Gasteiger partial charge in [0.15, 0.2) is 0 Å². The summed E-state index contributed by atoms with van der Waals surface area (Å²) in [7, 11) is 0. The monoisotopic (exact) mass is 308 g/mol. The van der Waals surface area contributed by atoms with Gasteiger partial charge in [0.25, 0.3) is 0 Å². The van der Waals surface area contributed by atoms with Crippen LogP contribution in [0.4, 0.5) is 0 Å². The second-order valence-corrected chi connectivity index (χ2v) is 6.46. The standard InChI is InChI=1S/C17H19N.C4H9N/c1-3-8-14(9-4-1)17(16-12-7-13-18-16)15-10-5-2-6-11-15;1-2-4-5-3-1/h1-6,8-11,16-18H,7,12-13H2;5H,1-4H2/t16-;/m0./s1. The summed E-state index contributed by atoms with van der Waals surface area (Å²) in [4.78, 5) is 0. The van der Waals surface area contributed by atoms with Crippen molar-refractivity contribution < 1.29 is 0 Å². The van der Waals surface area contributed by atoms with Crippen LogP contribution in [-0.2, 0) is 0 Å². The van der Waals surface area contributed by atoms with Crippen molar-refractivity contribution >= 4 is 0 Å². The molecule has 0 bridgehead atoms. The van der Waals surface area contributed by atoms with E-state index >= 15 is 0 Å². The molecule has 2 aromatic rings. The van der Waals surface area contributed by atoms with Crippen LogP contribution in [0, 0.1) is 0 Å². The normalized spacial score (nSPS) is 20.3. The maximum atomic E-state index is 3.65. The summed E-state index contributed by atoms with van der Waals surface area (Å²) in [6.45, 7) is 3.65. The molecule has 0 aromatic heterocycles. The van der Waals surface area contributed by atoms with E-state index in [1.54, 1.807) is 0 Å². The molecular weight excluding hydrogens is 280 g/mol. The molecule has 0 aliphatic carbocycles. The smallest absolute Gasteiger partial charge is 0.0243 e. The molecule has 0 unspecified atom stereocenters. The van der Waals surface area contributed by atoms with Crippen LogP contribution in [0.2, 0.25) is 0 Å². The van der Waals surface area contributed by atoms with Crippen molar-refractivity contribution in [3.63, 3.8) is 0 Å². The second kappa shape index (κ2) is 8.85. The first-order chi connectivity index (χ1) is 11.4. The van der Waals surface area contributed by atoms with E-state index in [1.807, 2.05) is 0 Å². The average molecular weight is 308 g/mol. The molecule has 0 spiro atoms. The first-order valence-electron chi connectivity index (χ1n) is 8.99. The highest BCUT2D eigenvalue weighted by Gasteiger charge is 2.26. The van der Waals surface area contributed by atoms with Crippen molar-refractivity contribution in [3.05, 3.63) is 71.8 Å². The van der Waals surface area contributed by atoms with Crippen LogP contribution in [0.25, 0.3) is 0 Å². The molecule has 2 nitrogen and oxygen atoms in total. The fourth-order valence-electron chi connectivity index (χ4n) is 3.60. The van der Waals surface area contributed by atoms with Crippen LogP contribution in [0.1, 0.15) is 42.7 Å². The lowest BCUT2D eigenvalue weighted by Gasteiger charge is -2.25. The molecule has 2 aromatic carbocycles. The van der Waals surface area contributed by atoms with E-state index in [2.05, 4.69) is 71.3 Å². The highest BCUT2D eigenvalue weighted by molar-refractivity contribution is 5.34. The molecule has 23 heavy (non-hydrogen) atoms. The first kappa shape index (κ1) is 16.2. The lowest BCUT2D eigenvalue weighted by Crippen LogP contribution is -2.29. The number of benzene rings is 2. The third-order valence-corrected chi connectivity index (χ3v) is 4.78. The molecule has 1 atom stereocenters. The molecule has 4 rings (SSSR count). The number of nitrogens with one attached hydrogen (secondary N) is 2. The Hall–Kier alpha value is -1.64. The van der Waals surface area contributed by atoms with Crippen LogP contribution >= 0.6 is 0 Å². The molecule has 2 N–H and O–H groups in total. The Kier molecular flexibility index (Phi) is 6.25. The molecule has 0 amide bonds. The van der Waals surface area contributed by atoms with Gasteiger partial charge in [0.2, 0.25) is 0 Å². The Morgan fingerprint density at radius 1 is 0.696 bits per heavy atom. The van der Waals surface area contributed by atoms with Crippen LogP contribution in [0.5, 0.6) is 0 Å². The van der Waals surface area contributed by atoms with Gasteiger partial charge in [-0.3, -0.25) is 0 Å². The molecule has 2 aliphatic rings. The first-order valence-corrected chi connectivity index (χ1v) is 8.99. The molecular formula is C21H28N2. The molecule has 2 saturated heterocycles. The summed E-state index contributed by atoms with van der Waals surface area (Å²) >= 11 is 0. The predicted molar refractivity (Wildman–Crippen MR) is 97.9 cm³/mol. The van der Waals surface area contributed by atoms with Gasteiger partial charge in [0.1, 0.15) is 0 Å². The summed E-state index contributed by atoms with van der Waals surface area (Å²) in [5, 5.41) is 6.88. The summed E-state index contributed by atoms with van der Waals surface area (Å²) in [5.41, 5.74) is 2.84. The number of rotatable bonds is 3. The molecule has 2 heteroatoms. The molecule has 0 saturated carbocycles. The van der Waals surface area contributed by atoms with Gasteiger partial charge in [-0.25, -0.2) is 0 Å². The highest BCUT2D eigenvalue weighted by Crippen LogP contribution is 2.31. The van der Waals surface area contributed by atoms with Gasteiger partial charge < -0.3 is 10.6 Å². The molecule has 122 valence electrons. The van der Waals surface area contributed by atoms with Gasteiger partial charge >= 0.3 is 0 Å².